The van der Waals surface area contributed by atoms with E-state index in [1.807, 2.05) is 0 Å². The fourth-order valence-electron chi connectivity index (χ4n) is 2.50. The number of hydrogen-bond donors (Lipinski definition) is 2. The summed E-state index contributed by atoms with van der Waals surface area (Å²) in [5, 5.41) is 12.6. The van der Waals surface area contributed by atoms with Gasteiger partial charge in [-0.25, -0.2) is 0 Å². The molecule has 0 bridgehead atoms. The van der Waals surface area contributed by atoms with Crippen molar-refractivity contribution in [1.82, 2.24) is 5.32 Å². The van der Waals surface area contributed by atoms with Gasteiger partial charge in [0, 0.05) is 18.7 Å². The molecule has 1 saturated carbocycles. The zero-order chi connectivity index (χ0) is 10.1. The number of nitrogens with one attached hydrogen (secondary N) is 1. The van der Waals surface area contributed by atoms with Crippen LogP contribution in [0.1, 0.15) is 33.1 Å². The fraction of sp³-hybridized carbons (Fsp3) is 1.00. The van der Waals surface area contributed by atoms with Crippen molar-refractivity contribution < 1.29 is 9.84 Å². The minimum absolute atomic E-state index is 0.339. The molecule has 0 amide bonds. The first-order valence-corrected chi connectivity index (χ1v) is 5.71. The van der Waals surface area contributed by atoms with E-state index in [4.69, 9.17) is 9.84 Å². The van der Waals surface area contributed by atoms with Crippen molar-refractivity contribution in [2.24, 2.45) is 5.92 Å². The van der Waals surface area contributed by atoms with Crippen LogP contribution in [0.15, 0.2) is 0 Å². The van der Waals surface area contributed by atoms with Crippen molar-refractivity contribution in [2.75, 3.05) is 6.61 Å². The van der Waals surface area contributed by atoms with Gasteiger partial charge in [0.2, 0.25) is 0 Å². The summed E-state index contributed by atoms with van der Waals surface area (Å²) >= 11 is 0. The van der Waals surface area contributed by atoms with Crippen molar-refractivity contribution in [2.45, 2.75) is 57.4 Å². The van der Waals surface area contributed by atoms with Gasteiger partial charge in [0.15, 0.2) is 0 Å². The third-order valence-electron chi connectivity index (χ3n) is 3.30. The predicted octanol–water partition coefficient (Wildman–Crippen LogP) is 0.913. The highest BCUT2D eigenvalue weighted by Crippen LogP contribution is 2.31. The second-order valence-electron chi connectivity index (χ2n) is 4.88. The molecular weight excluding hydrogens is 178 g/mol. The summed E-state index contributed by atoms with van der Waals surface area (Å²) in [6, 6.07) is 1.16. The van der Waals surface area contributed by atoms with Crippen LogP contribution in [0.3, 0.4) is 0 Å². The van der Waals surface area contributed by atoms with Crippen LogP contribution in [-0.2, 0) is 4.74 Å². The third kappa shape index (κ3) is 2.47. The van der Waals surface area contributed by atoms with E-state index in [0.29, 0.717) is 36.8 Å². The van der Waals surface area contributed by atoms with Crippen LogP contribution < -0.4 is 5.32 Å². The number of hydrogen-bond acceptors (Lipinski definition) is 3. The zero-order valence-electron chi connectivity index (χ0n) is 9.07. The van der Waals surface area contributed by atoms with E-state index < -0.39 is 0 Å². The molecule has 2 aliphatic rings. The average molecular weight is 199 g/mol. The molecule has 2 rings (SSSR count). The maximum absolute atomic E-state index is 8.95. The third-order valence-corrected chi connectivity index (χ3v) is 3.30. The quantitative estimate of drug-likeness (QED) is 0.710. The second-order valence-corrected chi connectivity index (χ2v) is 4.88. The molecular formula is C11H21NO2. The lowest BCUT2D eigenvalue weighted by molar-refractivity contribution is -0.0425. The normalized spacial score (nSPS) is 47.8. The Morgan fingerprint density at radius 3 is 2.36 bits per heavy atom. The molecule has 4 unspecified atom stereocenters. The molecule has 82 valence electrons. The Hall–Kier alpha value is -0.120. The molecule has 2 fully saturated rings. The van der Waals surface area contributed by atoms with Crippen LogP contribution in [0.2, 0.25) is 0 Å². The van der Waals surface area contributed by atoms with Gasteiger partial charge in [-0.15, -0.1) is 0 Å². The molecule has 0 aromatic heterocycles. The van der Waals surface area contributed by atoms with Gasteiger partial charge in [0.05, 0.1) is 12.2 Å². The SMILES string of the molecule is CC1CC(NC2CC2CO)CC(C)O1. The lowest BCUT2D eigenvalue weighted by Crippen LogP contribution is -2.42. The topological polar surface area (TPSA) is 41.5 Å². The summed E-state index contributed by atoms with van der Waals surface area (Å²) in [5.41, 5.74) is 0. The van der Waals surface area contributed by atoms with Crippen molar-refractivity contribution in [3.8, 4) is 0 Å². The molecule has 1 aliphatic heterocycles. The lowest BCUT2D eigenvalue weighted by Gasteiger charge is -2.32. The number of rotatable bonds is 3. The smallest absolute Gasteiger partial charge is 0.0565 e. The number of aliphatic hydroxyl groups excluding tert-OH is 1. The van der Waals surface area contributed by atoms with Gasteiger partial charge in [-0.1, -0.05) is 0 Å². The molecule has 1 heterocycles. The van der Waals surface area contributed by atoms with Gasteiger partial charge < -0.3 is 15.2 Å². The Morgan fingerprint density at radius 2 is 1.86 bits per heavy atom. The number of ether oxygens (including phenoxy) is 1. The van der Waals surface area contributed by atoms with Gasteiger partial charge in [0.25, 0.3) is 0 Å². The van der Waals surface area contributed by atoms with Gasteiger partial charge >= 0.3 is 0 Å². The Bertz CT molecular complexity index is 188. The molecule has 3 heteroatoms. The van der Waals surface area contributed by atoms with Crippen molar-refractivity contribution in [3.63, 3.8) is 0 Å². The highest BCUT2D eigenvalue weighted by atomic mass is 16.5. The first-order chi connectivity index (χ1) is 6.69. The maximum Gasteiger partial charge on any atom is 0.0565 e. The molecule has 0 aromatic rings. The van der Waals surface area contributed by atoms with Crippen molar-refractivity contribution >= 4 is 0 Å². The van der Waals surface area contributed by atoms with Gasteiger partial charge in [-0.3, -0.25) is 0 Å². The minimum Gasteiger partial charge on any atom is -0.396 e. The molecule has 0 radical (unpaired) electrons. The van der Waals surface area contributed by atoms with Crippen LogP contribution in [-0.4, -0.2) is 36.0 Å². The summed E-state index contributed by atoms with van der Waals surface area (Å²) in [7, 11) is 0. The van der Waals surface area contributed by atoms with Gasteiger partial charge in [-0.05, 0) is 39.0 Å². The molecule has 2 N–H and O–H groups in total. The molecule has 1 saturated heterocycles. The summed E-state index contributed by atoms with van der Waals surface area (Å²) in [5.74, 6) is 0.517. The first kappa shape index (κ1) is 10.4. The summed E-state index contributed by atoms with van der Waals surface area (Å²) in [6.45, 7) is 4.62. The largest absolute Gasteiger partial charge is 0.396 e. The van der Waals surface area contributed by atoms with Crippen LogP contribution in [0, 0.1) is 5.92 Å². The summed E-state index contributed by atoms with van der Waals surface area (Å²) in [6.07, 6.45) is 4.12. The van der Waals surface area contributed by atoms with E-state index in [0.717, 1.165) is 19.3 Å². The van der Waals surface area contributed by atoms with Gasteiger partial charge in [-0.2, -0.15) is 0 Å². The van der Waals surface area contributed by atoms with Crippen LogP contribution in [0.4, 0.5) is 0 Å². The van der Waals surface area contributed by atoms with Crippen molar-refractivity contribution in [3.05, 3.63) is 0 Å². The van der Waals surface area contributed by atoms with E-state index in [2.05, 4.69) is 19.2 Å². The van der Waals surface area contributed by atoms with Gasteiger partial charge in [0.1, 0.15) is 0 Å². The molecule has 14 heavy (non-hydrogen) atoms. The molecule has 4 atom stereocenters. The van der Waals surface area contributed by atoms with Crippen LogP contribution in [0.5, 0.6) is 0 Å². The first-order valence-electron chi connectivity index (χ1n) is 5.71. The van der Waals surface area contributed by atoms with E-state index in [-0.39, 0.29) is 0 Å². The fourth-order valence-corrected chi connectivity index (χ4v) is 2.50. The Morgan fingerprint density at radius 1 is 1.21 bits per heavy atom. The van der Waals surface area contributed by atoms with Crippen molar-refractivity contribution in [1.29, 1.82) is 0 Å². The Kier molecular flexibility index (Phi) is 3.10. The minimum atomic E-state index is 0.339. The average Bonchev–Trinajstić information content (AvgIpc) is 2.81. The van der Waals surface area contributed by atoms with E-state index >= 15 is 0 Å². The zero-order valence-corrected chi connectivity index (χ0v) is 9.07. The highest BCUT2D eigenvalue weighted by Gasteiger charge is 2.38. The highest BCUT2D eigenvalue weighted by molar-refractivity contribution is 4.95. The predicted molar refractivity (Wildman–Crippen MR) is 55.1 cm³/mol. The summed E-state index contributed by atoms with van der Waals surface area (Å²) < 4.78 is 5.68. The molecule has 1 aliphatic carbocycles. The van der Waals surface area contributed by atoms with E-state index in [1.54, 1.807) is 0 Å². The van der Waals surface area contributed by atoms with Crippen LogP contribution >= 0.6 is 0 Å². The maximum atomic E-state index is 8.95. The summed E-state index contributed by atoms with van der Waals surface area (Å²) in [4.78, 5) is 0. The number of aliphatic hydroxyl groups is 1. The Balaban J connectivity index is 1.75. The van der Waals surface area contributed by atoms with E-state index in [1.165, 1.54) is 0 Å². The lowest BCUT2D eigenvalue weighted by atomic mass is 10.00. The molecule has 3 nitrogen and oxygen atoms in total. The monoisotopic (exact) mass is 199 g/mol. The molecule has 0 spiro atoms. The Labute approximate surface area is 85.8 Å². The van der Waals surface area contributed by atoms with E-state index in [9.17, 15) is 0 Å². The van der Waals surface area contributed by atoms with Crippen LogP contribution in [0.25, 0.3) is 0 Å². The molecule has 0 aromatic carbocycles. The second kappa shape index (κ2) is 4.17. The standard InChI is InChI=1S/C11H21NO2/c1-7-3-10(4-8(2)14-7)12-11-5-9(11)6-13/h7-13H,3-6H2,1-2H3.